The maximum Gasteiger partial charge on any atom is 0.0961 e. The number of para-hydroxylation sites is 1. The number of hydrogen-bond donors (Lipinski definition) is 1. The molecule has 3 nitrogen and oxygen atoms in total. The lowest BCUT2D eigenvalue weighted by Crippen LogP contribution is -2.47. The van der Waals surface area contributed by atoms with Crippen molar-refractivity contribution < 1.29 is 0 Å². The molecule has 2 aromatic carbocycles. The molecular weight excluding hydrogens is 362 g/mol. The minimum atomic E-state index is -0.125. The highest BCUT2D eigenvalue weighted by molar-refractivity contribution is 7.98. The van der Waals surface area contributed by atoms with Gasteiger partial charge < -0.3 is 5.32 Å². The average Bonchev–Trinajstić information content (AvgIpc) is 2.77. The van der Waals surface area contributed by atoms with Crippen LogP contribution < -0.4 is 5.32 Å². The molecule has 4 rings (SSSR count). The van der Waals surface area contributed by atoms with E-state index in [1.54, 1.807) is 11.8 Å². The van der Waals surface area contributed by atoms with Crippen LogP contribution in [0, 0.1) is 0 Å². The number of likely N-dealkylation sites (tertiary alicyclic amines) is 1. The first-order valence-electron chi connectivity index (χ1n) is 9.88. The zero-order valence-electron chi connectivity index (χ0n) is 16.3. The Morgan fingerprint density at radius 3 is 2.25 bits per heavy atom. The summed E-state index contributed by atoms with van der Waals surface area (Å²) >= 11 is 1.70. The molecule has 144 valence electrons. The highest BCUT2D eigenvalue weighted by Crippen LogP contribution is 2.36. The van der Waals surface area contributed by atoms with E-state index in [1.165, 1.54) is 5.56 Å². The Morgan fingerprint density at radius 1 is 0.893 bits per heavy atom. The van der Waals surface area contributed by atoms with Gasteiger partial charge in [-0.05, 0) is 48.9 Å². The van der Waals surface area contributed by atoms with Crippen LogP contribution in [-0.4, -0.2) is 29.2 Å². The Bertz CT molecular complexity index is 875. The zero-order chi connectivity index (χ0) is 19.2. The minimum absolute atomic E-state index is 0.125. The molecule has 1 aliphatic rings. The number of benzene rings is 2. The third-order valence-corrected chi connectivity index (χ3v) is 6.18. The Kier molecular flexibility index (Phi) is 5.98. The molecule has 0 unspecified atom stereocenters. The molecule has 0 saturated carbocycles. The average molecular weight is 390 g/mol. The summed E-state index contributed by atoms with van der Waals surface area (Å²) in [5.74, 6) is 0. The minimum Gasteiger partial charge on any atom is -0.374 e. The van der Waals surface area contributed by atoms with Crippen LogP contribution >= 0.6 is 11.8 Å². The summed E-state index contributed by atoms with van der Waals surface area (Å²) in [6.07, 6.45) is 4.17. The quantitative estimate of drug-likeness (QED) is 0.571. The van der Waals surface area contributed by atoms with Crippen LogP contribution in [0.3, 0.4) is 0 Å². The van der Waals surface area contributed by atoms with Crippen molar-refractivity contribution in [3.05, 3.63) is 90.1 Å². The van der Waals surface area contributed by atoms with Crippen molar-refractivity contribution in [3.63, 3.8) is 0 Å². The molecule has 0 amide bonds. The van der Waals surface area contributed by atoms with Gasteiger partial charge in [0.05, 0.1) is 16.3 Å². The van der Waals surface area contributed by atoms with E-state index in [1.807, 2.05) is 0 Å². The number of piperidine rings is 1. The van der Waals surface area contributed by atoms with Crippen molar-refractivity contribution >= 4 is 17.4 Å². The SMILES string of the molecule is CSc1cccc(C2(Nc3ccccc3)CCN(Cc3ccccc3)CC2)n1. The van der Waals surface area contributed by atoms with E-state index in [2.05, 4.69) is 95.3 Å². The maximum atomic E-state index is 4.97. The summed E-state index contributed by atoms with van der Waals surface area (Å²) in [7, 11) is 0. The predicted octanol–water partition coefficient (Wildman–Crippen LogP) is 5.41. The van der Waals surface area contributed by atoms with Gasteiger partial charge in [-0.3, -0.25) is 4.90 Å². The van der Waals surface area contributed by atoms with E-state index in [0.717, 1.165) is 48.9 Å². The molecule has 4 heteroatoms. The molecule has 0 aliphatic carbocycles. The molecule has 1 saturated heterocycles. The van der Waals surface area contributed by atoms with Gasteiger partial charge in [0.2, 0.25) is 0 Å². The lowest BCUT2D eigenvalue weighted by Gasteiger charge is -2.43. The summed E-state index contributed by atoms with van der Waals surface area (Å²) in [4.78, 5) is 7.53. The lowest BCUT2D eigenvalue weighted by atomic mass is 9.83. The molecule has 1 aromatic heterocycles. The molecule has 3 aromatic rings. The van der Waals surface area contributed by atoms with Gasteiger partial charge in [0.15, 0.2) is 0 Å². The number of pyridine rings is 1. The first-order valence-corrected chi connectivity index (χ1v) is 11.1. The molecule has 1 aliphatic heterocycles. The van der Waals surface area contributed by atoms with Crippen LogP contribution in [0.15, 0.2) is 83.9 Å². The standard InChI is InChI=1S/C24H27N3S/c1-28-23-14-8-13-22(25-23)24(26-21-11-6-3-7-12-21)15-17-27(18-16-24)19-20-9-4-2-5-10-20/h2-14,26H,15-19H2,1H3. The van der Waals surface area contributed by atoms with Crippen LogP contribution in [0.4, 0.5) is 5.69 Å². The molecule has 28 heavy (non-hydrogen) atoms. The lowest BCUT2D eigenvalue weighted by molar-refractivity contribution is 0.164. The van der Waals surface area contributed by atoms with E-state index in [4.69, 9.17) is 4.98 Å². The van der Waals surface area contributed by atoms with E-state index in [-0.39, 0.29) is 5.54 Å². The van der Waals surface area contributed by atoms with Gasteiger partial charge in [0, 0.05) is 25.3 Å². The Balaban J connectivity index is 1.56. The molecule has 0 spiro atoms. The molecule has 1 fully saturated rings. The largest absolute Gasteiger partial charge is 0.374 e. The Morgan fingerprint density at radius 2 is 1.57 bits per heavy atom. The summed E-state index contributed by atoms with van der Waals surface area (Å²) < 4.78 is 0. The predicted molar refractivity (Wildman–Crippen MR) is 119 cm³/mol. The van der Waals surface area contributed by atoms with Crippen LogP contribution in [0.1, 0.15) is 24.1 Å². The first-order chi connectivity index (χ1) is 13.8. The molecule has 2 heterocycles. The summed E-state index contributed by atoms with van der Waals surface area (Å²) in [5, 5.41) is 4.93. The number of thioether (sulfide) groups is 1. The second-order valence-electron chi connectivity index (χ2n) is 7.40. The van der Waals surface area contributed by atoms with Crippen molar-refractivity contribution in [3.8, 4) is 0 Å². The maximum absolute atomic E-state index is 4.97. The van der Waals surface area contributed by atoms with Crippen LogP contribution in [0.2, 0.25) is 0 Å². The monoisotopic (exact) mass is 389 g/mol. The van der Waals surface area contributed by atoms with Crippen molar-refractivity contribution in [2.24, 2.45) is 0 Å². The van der Waals surface area contributed by atoms with Gasteiger partial charge in [-0.2, -0.15) is 0 Å². The number of aromatic nitrogens is 1. The highest BCUT2D eigenvalue weighted by atomic mass is 32.2. The molecular formula is C24H27N3S. The topological polar surface area (TPSA) is 28.2 Å². The fourth-order valence-electron chi connectivity index (χ4n) is 3.97. The zero-order valence-corrected chi connectivity index (χ0v) is 17.2. The van der Waals surface area contributed by atoms with Crippen LogP contribution in [0.5, 0.6) is 0 Å². The molecule has 0 atom stereocenters. The molecule has 0 bridgehead atoms. The van der Waals surface area contributed by atoms with Gasteiger partial charge in [-0.1, -0.05) is 54.6 Å². The number of hydrogen-bond acceptors (Lipinski definition) is 4. The second kappa shape index (κ2) is 8.80. The normalized spacial score (nSPS) is 16.6. The van der Waals surface area contributed by atoms with Crippen molar-refractivity contribution in [2.75, 3.05) is 24.7 Å². The highest BCUT2D eigenvalue weighted by Gasteiger charge is 2.37. The third kappa shape index (κ3) is 4.40. The summed E-state index contributed by atoms with van der Waals surface area (Å²) in [5.41, 5.74) is 3.58. The van der Waals surface area contributed by atoms with E-state index in [9.17, 15) is 0 Å². The van der Waals surface area contributed by atoms with Gasteiger partial charge in [0.1, 0.15) is 0 Å². The van der Waals surface area contributed by atoms with Crippen LogP contribution in [-0.2, 0) is 12.1 Å². The second-order valence-corrected chi connectivity index (χ2v) is 8.23. The third-order valence-electron chi connectivity index (χ3n) is 5.54. The summed E-state index contributed by atoms with van der Waals surface area (Å²) in [6, 6.07) is 27.7. The Labute approximate surface area is 172 Å². The van der Waals surface area contributed by atoms with Crippen molar-refractivity contribution in [1.82, 2.24) is 9.88 Å². The van der Waals surface area contributed by atoms with E-state index in [0.29, 0.717) is 0 Å². The number of nitrogens with zero attached hydrogens (tertiary/aromatic N) is 2. The summed E-state index contributed by atoms with van der Waals surface area (Å²) in [6.45, 7) is 3.13. The fraction of sp³-hybridized carbons (Fsp3) is 0.292. The van der Waals surface area contributed by atoms with Gasteiger partial charge in [-0.15, -0.1) is 11.8 Å². The fourth-order valence-corrected chi connectivity index (χ4v) is 4.38. The van der Waals surface area contributed by atoms with Crippen molar-refractivity contribution in [1.29, 1.82) is 0 Å². The van der Waals surface area contributed by atoms with Gasteiger partial charge in [0.25, 0.3) is 0 Å². The number of anilines is 1. The Hall–Kier alpha value is -2.30. The first kappa shape index (κ1) is 19.0. The molecule has 0 radical (unpaired) electrons. The van der Waals surface area contributed by atoms with Gasteiger partial charge >= 0.3 is 0 Å². The molecule has 1 N–H and O–H groups in total. The number of rotatable bonds is 6. The smallest absolute Gasteiger partial charge is 0.0961 e. The van der Waals surface area contributed by atoms with E-state index < -0.39 is 0 Å². The van der Waals surface area contributed by atoms with E-state index >= 15 is 0 Å². The number of nitrogens with one attached hydrogen (secondary N) is 1. The van der Waals surface area contributed by atoms with Gasteiger partial charge in [-0.25, -0.2) is 4.98 Å². The van der Waals surface area contributed by atoms with Crippen molar-refractivity contribution in [2.45, 2.75) is 30.0 Å². The van der Waals surface area contributed by atoms with Crippen LogP contribution in [0.25, 0.3) is 0 Å².